The van der Waals surface area contributed by atoms with Crippen LogP contribution >= 0.6 is 0 Å². The van der Waals surface area contributed by atoms with Crippen LogP contribution in [-0.4, -0.2) is 129 Å². The standard InChI is InChI=1S/C27H33N9O2.C21H23N7O/c1-19(2)20-14-26(33-29-16-20)32-25-6-5-23-24(31-25)13-21(15-28-23)22-17-30-36(18-22)8-4-7-34-9-11-35(12-10-34)27(37)38-3;1-14(2)15-9-21(27-23-11-15)26-20-5-4-18-19(25-20)8-16(10-22-18)17-12-24-28(13-17)6-7-29-3/h5-6,13-19H,4,7-12H2,1-3H3,(H,31,32,33);4-5,8-14H,6-7H2,1-3H3,(H,25,26,27). The summed E-state index contributed by atoms with van der Waals surface area (Å²) < 4.78 is 13.7. The molecule has 0 atom stereocenters. The number of pyridine rings is 4. The summed E-state index contributed by atoms with van der Waals surface area (Å²) in [6.07, 6.45) is 15.7. The zero-order valence-corrected chi connectivity index (χ0v) is 38.7. The van der Waals surface area contributed by atoms with Gasteiger partial charge in [0.1, 0.15) is 11.6 Å². The first-order valence-electron chi connectivity index (χ1n) is 22.4. The number of anilines is 4. The Labute approximate surface area is 389 Å². The summed E-state index contributed by atoms with van der Waals surface area (Å²) in [5, 5.41) is 31.9. The highest BCUT2D eigenvalue weighted by Crippen LogP contribution is 2.26. The molecule has 19 nitrogen and oxygen atoms in total. The Hall–Kier alpha value is -7.51. The van der Waals surface area contributed by atoms with E-state index in [1.54, 1.807) is 24.4 Å². The lowest BCUT2D eigenvalue weighted by molar-refractivity contribution is 0.0902. The van der Waals surface area contributed by atoms with Crippen LogP contribution < -0.4 is 10.6 Å². The second-order valence-corrected chi connectivity index (χ2v) is 16.9. The molecule has 8 aromatic heterocycles. The molecule has 1 fully saturated rings. The van der Waals surface area contributed by atoms with Gasteiger partial charge < -0.3 is 25.0 Å². The fraction of sp³-hybridized carbons (Fsp3) is 0.354. The van der Waals surface area contributed by atoms with Crippen molar-refractivity contribution < 1.29 is 14.3 Å². The Morgan fingerprint density at radius 2 is 1.12 bits per heavy atom. The predicted octanol–water partition coefficient (Wildman–Crippen LogP) is 7.72. The number of nitrogens with one attached hydrogen (secondary N) is 2. The molecule has 9 heterocycles. The second-order valence-electron chi connectivity index (χ2n) is 16.9. The molecule has 0 saturated carbocycles. The van der Waals surface area contributed by atoms with Crippen LogP contribution in [0.2, 0.25) is 0 Å². The normalized spacial score (nSPS) is 13.0. The molecule has 0 unspecified atom stereocenters. The predicted molar refractivity (Wildman–Crippen MR) is 257 cm³/mol. The van der Waals surface area contributed by atoms with E-state index >= 15 is 0 Å². The van der Waals surface area contributed by atoms with Crippen LogP contribution in [-0.2, 0) is 22.6 Å². The molecule has 1 aliphatic heterocycles. The first-order chi connectivity index (χ1) is 32.6. The minimum Gasteiger partial charge on any atom is -0.453 e. The van der Waals surface area contributed by atoms with Gasteiger partial charge in [0.05, 0.1) is 67.1 Å². The molecule has 0 aliphatic carbocycles. The van der Waals surface area contributed by atoms with Crippen LogP contribution in [0.4, 0.5) is 28.1 Å². The lowest BCUT2D eigenvalue weighted by Gasteiger charge is -2.33. The Balaban J connectivity index is 0.000000188. The van der Waals surface area contributed by atoms with Gasteiger partial charge in [-0.05, 0) is 77.9 Å². The number of piperazine rings is 1. The lowest BCUT2D eigenvalue weighted by atomic mass is 10.1. The number of hydrogen-bond donors (Lipinski definition) is 2. The van der Waals surface area contributed by atoms with E-state index in [1.807, 2.05) is 95.1 Å². The molecule has 2 N–H and O–H groups in total. The van der Waals surface area contributed by atoms with Crippen LogP contribution in [0.25, 0.3) is 44.3 Å². The summed E-state index contributed by atoms with van der Waals surface area (Å²) in [7, 11) is 3.11. The molecular weight excluding hydrogens is 849 g/mol. The minimum atomic E-state index is -0.245. The molecule has 19 heteroatoms. The van der Waals surface area contributed by atoms with E-state index in [1.165, 1.54) is 7.11 Å². The molecule has 0 spiro atoms. The fourth-order valence-corrected chi connectivity index (χ4v) is 7.44. The summed E-state index contributed by atoms with van der Waals surface area (Å²) in [4.78, 5) is 34.4. The Bertz CT molecular complexity index is 2910. The number of carbonyl (C=O) groups is 1. The number of hydrogen-bond acceptors (Lipinski definition) is 16. The summed E-state index contributed by atoms with van der Waals surface area (Å²) >= 11 is 0. The van der Waals surface area contributed by atoms with Gasteiger partial charge in [-0.3, -0.25) is 24.2 Å². The van der Waals surface area contributed by atoms with Crippen molar-refractivity contribution in [3.63, 3.8) is 0 Å². The van der Waals surface area contributed by atoms with Crippen LogP contribution in [0, 0.1) is 0 Å². The molecule has 8 aromatic rings. The van der Waals surface area contributed by atoms with Gasteiger partial charge in [0.15, 0.2) is 11.6 Å². The number of fused-ring (bicyclic) bond motifs is 2. The van der Waals surface area contributed by atoms with Crippen LogP contribution in [0.1, 0.15) is 57.1 Å². The molecule has 0 bridgehead atoms. The van der Waals surface area contributed by atoms with Crippen molar-refractivity contribution in [2.45, 2.75) is 59.0 Å². The number of aromatic nitrogens is 12. The zero-order valence-electron chi connectivity index (χ0n) is 38.7. The van der Waals surface area contributed by atoms with Gasteiger partial charge in [-0.25, -0.2) is 14.8 Å². The average molecular weight is 905 g/mol. The van der Waals surface area contributed by atoms with Gasteiger partial charge in [0, 0.05) is 93.4 Å². The van der Waals surface area contributed by atoms with E-state index in [9.17, 15) is 4.79 Å². The smallest absolute Gasteiger partial charge is 0.409 e. The van der Waals surface area contributed by atoms with E-state index in [4.69, 9.17) is 19.4 Å². The Morgan fingerprint density at radius 3 is 1.61 bits per heavy atom. The molecule has 346 valence electrons. The number of carbonyl (C=O) groups excluding carboxylic acids is 1. The largest absolute Gasteiger partial charge is 0.453 e. The van der Waals surface area contributed by atoms with Crippen molar-refractivity contribution in [2.24, 2.45) is 0 Å². The maximum atomic E-state index is 11.6. The quantitative estimate of drug-likeness (QED) is 0.101. The molecular formula is C48H56N16O3. The number of ether oxygens (including phenoxy) is 2. The molecule has 0 radical (unpaired) electrons. The number of nitrogens with zero attached hydrogens (tertiary/aromatic N) is 14. The van der Waals surface area contributed by atoms with E-state index < -0.39 is 0 Å². The average Bonchev–Trinajstić information content (AvgIpc) is 4.04. The maximum Gasteiger partial charge on any atom is 0.409 e. The van der Waals surface area contributed by atoms with Crippen molar-refractivity contribution >= 4 is 51.4 Å². The minimum absolute atomic E-state index is 0.245. The van der Waals surface area contributed by atoms with Crippen molar-refractivity contribution in [1.82, 2.24) is 69.7 Å². The molecule has 1 amide bonds. The number of rotatable bonds is 15. The SMILES string of the molecule is COC(=O)N1CCN(CCCn2cc(-c3cnc4ccc(Nc5cc(C(C)C)cnn5)nc4c3)cn2)CC1.COCCn1cc(-c2cnc3ccc(Nc4cc(C(C)C)cnn4)nc3c2)cn1. The molecule has 1 saturated heterocycles. The van der Waals surface area contributed by atoms with Crippen molar-refractivity contribution in [3.05, 3.63) is 109 Å². The van der Waals surface area contributed by atoms with Crippen molar-refractivity contribution in [1.29, 1.82) is 0 Å². The Morgan fingerprint density at radius 1 is 0.597 bits per heavy atom. The molecule has 0 aromatic carbocycles. The van der Waals surface area contributed by atoms with Gasteiger partial charge in [-0.15, -0.1) is 10.2 Å². The topological polar surface area (TPSA) is 205 Å². The van der Waals surface area contributed by atoms with Crippen LogP contribution in [0.15, 0.2) is 98.1 Å². The van der Waals surface area contributed by atoms with Crippen molar-refractivity contribution in [3.8, 4) is 22.3 Å². The first-order valence-corrected chi connectivity index (χ1v) is 22.4. The molecule has 67 heavy (non-hydrogen) atoms. The maximum absolute atomic E-state index is 11.6. The number of aryl methyl sites for hydroxylation is 1. The monoisotopic (exact) mass is 904 g/mol. The fourth-order valence-electron chi connectivity index (χ4n) is 7.44. The zero-order chi connectivity index (χ0) is 46.7. The number of amides is 1. The first kappa shape index (κ1) is 46.0. The van der Waals surface area contributed by atoms with Crippen molar-refractivity contribution in [2.75, 3.05) is 64.2 Å². The Kier molecular flexibility index (Phi) is 14.9. The van der Waals surface area contributed by atoms with Crippen LogP contribution in [0.3, 0.4) is 0 Å². The van der Waals surface area contributed by atoms with Gasteiger partial charge in [0.2, 0.25) is 0 Å². The second kappa shape index (κ2) is 21.7. The van der Waals surface area contributed by atoms with E-state index in [0.717, 1.165) is 88.0 Å². The number of methoxy groups -OCH3 is 2. The van der Waals surface area contributed by atoms with E-state index in [-0.39, 0.29) is 6.09 Å². The summed E-state index contributed by atoms with van der Waals surface area (Å²) in [5.41, 5.74) is 9.40. The highest BCUT2D eigenvalue weighted by Gasteiger charge is 2.21. The highest BCUT2D eigenvalue weighted by atomic mass is 16.5. The molecule has 9 rings (SSSR count). The summed E-state index contributed by atoms with van der Waals surface area (Å²) in [6.45, 7) is 14.7. The third kappa shape index (κ3) is 12.0. The third-order valence-electron chi connectivity index (χ3n) is 11.4. The van der Waals surface area contributed by atoms with Gasteiger partial charge >= 0.3 is 6.09 Å². The van der Waals surface area contributed by atoms with Gasteiger partial charge in [-0.1, -0.05) is 27.7 Å². The third-order valence-corrected chi connectivity index (χ3v) is 11.4. The summed E-state index contributed by atoms with van der Waals surface area (Å²) in [5.74, 6) is 3.47. The van der Waals surface area contributed by atoms with Gasteiger partial charge in [0.25, 0.3) is 0 Å². The van der Waals surface area contributed by atoms with E-state index in [2.05, 4.69) is 83.8 Å². The van der Waals surface area contributed by atoms with Crippen LogP contribution in [0.5, 0.6) is 0 Å². The summed E-state index contributed by atoms with van der Waals surface area (Å²) in [6, 6.07) is 15.7. The lowest BCUT2D eigenvalue weighted by Crippen LogP contribution is -2.48. The van der Waals surface area contributed by atoms with Gasteiger partial charge in [-0.2, -0.15) is 20.4 Å². The molecule has 1 aliphatic rings. The highest BCUT2D eigenvalue weighted by molar-refractivity contribution is 5.83. The van der Waals surface area contributed by atoms with E-state index in [0.29, 0.717) is 61.3 Å².